The van der Waals surface area contributed by atoms with Crippen LogP contribution < -0.4 is 0 Å². The van der Waals surface area contributed by atoms with Crippen LogP contribution in [0.3, 0.4) is 0 Å². The number of hydrogen-bond acceptors (Lipinski definition) is 1. The normalized spacial score (nSPS) is 21.6. The van der Waals surface area contributed by atoms with E-state index in [1.54, 1.807) is 4.90 Å². The molecule has 0 unspecified atom stereocenters. The predicted octanol–water partition coefficient (Wildman–Crippen LogP) is 1.42. The Labute approximate surface area is 64.0 Å². The molecular formula is C6H10ClF2N. The van der Waals surface area contributed by atoms with E-state index in [1.807, 2.05) is 0 Å². The molecule has 1 heterocycles. The standard InChI is InChI=1S/C6H10ClF2N/c7-1-5-2-10(3-5)4-6(8)9/h5-6H,1-4H2. The molecule has 0 N–H and O–H groups in total. The van der Waals surface area contributed by atoms with Crippen molar-refractivity contribution in [2.45, 2.75) is 6.43 Å². The van der Waals surface area contributed by atoms with Gasteiger partial charge in [0.05, 0.1) is 6.54 Å². The van der Waals surface area contributed by atoms with Crippen LogP contribution in [0.2, 0.25) is 0 Å². The molecule has 0 aromatic heterocycles. The summed E-state index contributed by atoms with van der Waals surface area (Å²) in [6.07, 6.45) is -2.20. The second kappa shape index (κ2) is 3.49. The van der Waals surface area contributed by atoms with Gasteiger partial charge in [-0.25, -0.2) is 8.78 Å². The maximum absolute atomic E-state index is 11.7. The lowest BCUT2D eigenvalue weighted by Gasteiger charge is -2.37. The van der Waals surface area contributed by atoms with Crippen LogP contribution in [-0.4, -0.2) is 36.8 Å². The van der Waals surface area contributed by atoms with Crippen LogP contribution in [0.4, 0.5) is 8.78 Å². The molecule has 0 amide bonds. The van der Waals surface area contributed by atoms with Crippen molar-refractivity contribution in [2.75, 3.05) is 25.5 Å². The largest absolute Gasteiger partial charge is 0.297 e. The summed E-state index contributed by atoms with van der Waals surface area (Å²) >= 11 is 5.49. The predicted molar refractivity (Wildman–Crippen MR) is 36.7 cm³/mol. The second-order valence-electron chi connectivity index (χ2n) is 2.63. The molecule has 4 heteroatoms. The highest BCUT2D eigenvalue weighted by Gasteiger charge is 2.27. The summed E-state index contributed by atoms with van der Waals surface area (Å²) in [6, 6.07) is 0. The van der Waals surface area contributed by atoms with Crippen molar-refractivity contribution in [3.05, 3.63) is 0 Å². The molecule has 60 valence electrons. The minimum atomic E-state index is -2.20. The maximum Gasteiger partial charge on any atom is 0.251 e. The van der Waals surface area contributed by atoms with E-state index in [-0.39, 0.29) is 6.54 Å². The number of halogens is 3. The fraction of sp³-hybridized carbons (Fsp3) is 1.00. The third-order valence-electron chi connectivity index (χ3n) is 1.65. The van der Waals surface area contributed by atoms with Crippen molar-refractivity contribution in [3.63, 3.8) is 0 Å². The highest BCUT2D eigenvalue weighted by atomic mass is 35.5. The maximum atomic E-state index is 11.7. The fourth-order valence-electron chi connectivity index (χ4n) is 1.12. The number of hydrogen-bond donors (Lipinski definition) is 0. The Morgan fingerprint density at radius 2 is 2.10 bits per heavy atom. The average molecular weight is 170 g/mol. The molecule has 1 aliphatic rings. The van der Waals surface area contributed by atoms with Crippen LogP contribution in [0, 0.1) is 5.92 Å². The number of nitrogens with zero attached hydrogens (tertiary/aromatic N) is 1. The Balaban J connectivity index is 2.03. The average Bonchev–Trinajstić information content (AvgIpc) is 1.76. The molecule has 0 spiro atoms. The quantitative estimate of drug-likeness (QED) is 0.578. The van der Waals surface area contributed by atoms with Crippen LogP contribution in [0.25, 0.3) is 0 Å². The van der Waals surface area contributed by atoms with Gasteiger partial charge in [0, 0.05) is 19.0 Å². The molecule has 1 aliphatic heterocycles. The first-order chi connectivity index (χ1) is 4.72. The molecule has 0 atom stereocenters. The lowest BCUT2D eigenvalue weighted by molar-refractivity contribution is 0.0320. The van der Waals surface area contributed by atoms with E-state index in [1.165, 1.54) is 0 Å². The van der Waals surface area contributed by atoms with Gasteiger partial charge < -0.3 is 0 Å². The van der Waals surface area contributed by atoms with Gasteiger partial charge in [0.15, 0.2) is 0 Å². The molecule has 0 aliphatic carbocycles. The number of rotatable bonds is 3. The summed E-state index contributed by atoms with van der Waals surface area (Å²) in [6.45, 7) is 1.40. The van der Waals surface area contributed by atoms with Gasteiger partial charge in [-0.2, -0.15) is 0 Å². The third kappa shape index (κ3) is 2.06. The summed E-state index contributed by atoms with van der Waals surface area (Å²) in [5, 5.41) is 0. The monoisotopic (exact) mass is 169 g/mol. The minimum Gasteiger partial charge on any atom is -0.297 e. The van der Waals surface area contributed by atoms with Crippen molar-refractivity contribution in [1.82, 2.24) is 4.90 Å². The summed E-state index contributed by atoms with van der Waals surface area (Å²) in [7, 11) is 0. The molecule has 0 bridgehead atoms. The zero-order chi connectivity index (χ0) is 7.56. The molecule has 0 radical (unpaired) electrons. The Morgan fingerprint density at radius 1 is 1.50 bits per heavy atom. The first-order valence-corrected chi connectivity index (χ1v) is 3.82. The highest BCUT2D eigenvalue weighted by Crippen LogP contribution is 2.17. The second-order valence-corrected chi connectivity index (χ2v) is 2.94. The van der Waals surface area contributed by atoms with Crippen molar-refractivity contribution in [2.24, 2.45) is 5.92 Å². The zero-order valence-corrected chi connectivity index (χ0v) is 6.32. The van der Waals surface area contributed by atoms with Crippen LogP contribution in [0.5, 0.6) is 0 Å². The first-order valence-electron chi connectivity index (χ1n) is 3.29. The first kappa shape index (κ1) is 8.21. The Bertz CT molecular complexity index is 104. The molecule has 1 fully saturated rings. The van der Waals surface area contributed by atoms with Crippen LogP contribution in [-0.2, 0) is 0 Å². The fourth-order valence-corrected chi connectivity index (χ4v) is 1.31. The van der Waals surface area contributed by atoms with Crippen molar-refractivity contribution >= 4 is 11.6 Å². The van der Waals surface area contributed by atoms with Gasteiger partial charge in [0.2, 0.25) is 0 Å². The van der Waals surface area contributed by atoms with Crippen molar-refractivity contribution in [1.29, 1.82) is 0 Å². The smallest absolute Gasteiger partial charge is 0.251 e. The molecule has 0 saturated carbocycles. The van der Waals surface area contributed by atoms with Crippen molar-refractivity contribution < 1.29 is 8.78 Å². The zero-order valence-electron chi connectivity index (χ0n) is 5.56. The Kier molecular flexibility index (Phi) is 2.86. The van der Waals surface area contributed by atoms with E-state index in [4.69, 9.17) is 11.6 Å². The molecule has 0 aromatic carbocycles. The summed E-state index contributed by atoms with van der Waals surface area (Å²) in [4.78, 5) is 1.72. The lowest BCUT2D eigenvalue weighted by Crippen LogP contribution is -2.49. The van der Waals surface area contributed by atoms with Gasteiger partial charge >= 0.3 is 0 Å². The van der Waals surface area contributed by atoms with E-state index in [9.17, 15) is 8.78 Å². The van der Waals surface area contributed by atoms with Gasteiger partial charge in [-0.3, -0.25) is 4.90 Å². The van der Waals surface area contributed by atoms with Gasteiger partial charge in [0.1, 0.15) is 0 Å². The van der Waals surface area contributed by atoms with Crippen LogP contribution in [0.1, 0.15) is 0 Å². The van der Waals surface area contributed by atoms with E-state index in [0.717, 1.165) is 13.1 Å². The Morgan fingerprint density at radius 3 is 2.50 bits per heavy atom. The SMILES string of the molecule is FC(F)CN1CC(CCl)C1. The van der Waals surface area contributed by atoms with E-state index >= 15 is 0 Å². The summed E-state index contributed by atoms with van der Waals surface area (Å²) in [5.41, 5.74) is 0. The third-order valence-corrected chi connectivity index (χ3v) is 2.08. The summed E-state index contributed by atoms with van der Waals surface area (Å²) < 4.78 is 23.3. The van der Waals surface area contributed by atoms with E-state index in [0.29, 0.717) is 11.8 Å². The number of likely N-dealkylation sites (tertiary alicyclic amines) is 1. The van der Waals surface area contributed by atoms with Crippen LogP contribution in [0.15, 0.2) is 0 Å². The highest BCUT2D eigenvalue weighted by molar-refractivity contribution is 6.18. The molecule has 1 saturated heterocycles. The summed E-state index contributed by atoms with van der Waals surface area (Å²) in [5.74, 6) is 1.04. The van der Waals surface area contributed by atoms with Gasteiger partial charge in [-0.1, -0.05) is 0 Å². The molecular weight excluding hydrogens is 160 g/mol. The number of alkyl halides is 3. The topological polar surface area (TPSA) is 3.24 Å². The molecule has 0 aromatic rings. The lowest BCUT2D eigenvalue weighted by atomic mass is 10.0. The van der Waals surface area contributed by atoms with E-state index < -0.39 is 6.43 Å². The van der Waals surface area contributed by atoms with Gasteiger partial charge in [-0.05, 0) is 5.92 Å². The Hall–Kier alpha value is 0.110. The van der Waals surface area contributed by atoms with Crippen LogP contribution >= 0.6 is 11.6 Å². The van der Waals surface area contributed by atoms with Crippen molar-refractivity contribution in [3.8, 4) is 0 Å². The molecule has 1 nitrogen and oxygen atoms in total. The van der Waals surface area contributed by atoms with Gasteiger partial charge in [-0.15, -0.1) is 11.6 Å². The molecule has 10 heavy (non-hydrogen) atoms. The molecule has 1 rings (SSSR count). The van der Waals surface area contributed by atoms with Gasteiger partial charge in [0.25, 0.3) is 6.43 Å². The van der Waals surface area contributed by atoms with E-state index in [2.05, 4.69) is 0 Å². The minimum absolute atomic E-state index is 0.0899.